The van der Waals surface area contributed by atoms with Gasteiger partial charge in [-0.3, -0.25) is 4.79 Å². The Morgan fingerprint density at radius 1 is 1.20 bits per heavy atom. The predicted molar refractivity (Wildman–Crippen MR) is 86.1 cm³/mol. The Labute approximate surface area is 128 Å². The summed E-state index contributed by atoms with van der Waals surface area (Å²) in [5.41, 5.74) is 0. The van der Waals surface area contributed by atoms with Crippen molar-refractivity contribution in [1.29, 1.82) is 0 Å². The molecule has 0 saturated carbocycles. The molecule has 1 aromatic heterocycles. The van der Waals surface area contributed by atoms with Crippen molar-refractivity contribution in [2.75, 3.05) is 18.8 Å². The minimum absolute atomic E-state index is 0.293. The molecule has 4 nitrogen and oxygen atoms in total. The molecule has 0 aliphatic heterocycles. The highest BCUT2D eigenvalue weighted by atomic mass is 33.1. The summed E-state index contributed by atoms with van der Waals surface area (Å²) < 4.78 is 0. The molecule has 0 atom stereocenters. The van der Waals surface area contributed by atoms with E-state index in [-0.39, 0.29) is 0 Å². The summed E-state index contributed by atoms with van der Waals surface area (Å²) >= 11 is 0. The number of aromatic nitrogens is 1. The van der Waals surface area contributed by atoms with E-state index in [0.29, 0.717) is 6.42 Å². The summed E-state index contributed by atoms with van der Waals surface area (Å²) in [5.74, 6) is 0.410. The molecule has 1 rings (SSSR count). The lowest BCUT2D eigenvalue weighted by molar-refractivity contribution is -0.137. The van der Waals surface area contributed by atoms with Gasteiger partial charge in [-0.25, -0.2) is 4.98 Å². The molecule has 0 fully saturated rings. The number of rotatable bonds is 12. The first-order valence-electron chi connectivity index (χ1n) is 6.92. The fourth-order valence-corrected chi connectivity index (χ4v) is 3.55. The maximum absolute atomic E-state index is 10.3. The van der Waals surface area contributed by atoms with Gasteiger partial charge in [0, 0.05) is 18.4 Å². The second-order valence-electron chi connectivity index (χ2n) is 4.38. The maximum Gasteiger partial charge on any atom is 0.303 e. The van der Waals surface area contributed by atoms with E-state index in [4.69, 9.17) is 5.11 Å². The van der Waals surface area contributed by atoms with Crippen molar-refractivity contribution in [3.63, 3.8) is 0 Å². The van der Waals surface area contributed by atoms with Crippen LogP contribution in [0.25, 0.3) is 0 Å². The molecule has 0 unspecified atom stereocenters. The van der Waals surface area contributed by atoms with Crippen molar-refractivity contribution in [2.45, 2.75) is 37.1 Å². The van der Waals surface area contributed by atoms with Crippen LogP contribution in [-0.2, 0) is 4.79 Å². The first kappa shape index (κ1) is 17.3. The highest BCUT2D eigenvalue weighted by Crippen LogP contribution is 2.29. The van der Waals surface area contributed by atoms with Gasteiger partial charge in [0.25, 0.3) is 0 Å². The van der Waals surface area contributed by atoms with Crippen LogP contribution in [0.15, 0.2) is 29.4 Å². The highest BCUT2D eigenvalue weighted by Gasteiger charge is 1.97. The van der Waals surface area contributed by atoms with Crippen molar-refractivity contribution in [2.24, 2.45) is 0 Å². The minimum atomic E-state index is -0.694. The molecule has 0 saturated heterocycles. The van der Waals surface area contributed by atoms with Crippen molar-refractivity contribution in [3.8, 4) is 0 Å². The van der Waals surface area contributed by atoms with Gasteiger partial charge in [-0.15, -0.1) is 0 Å². The van der Waals surface area contributed by atoms with Gasteiger partial charge in [0.05, 0.1) is 0 Å². The lowest BCUT2D eigenvalue weighted by Crippen LogP contribution is -2.17. The molecular formula is C14H22N2O2S2. The van der Waals surface area contributed by atoms with Gasteiger partial charge >= 0.3 is 5.97 Å². The zero-order chi connectivity index (χ0) is 14.5. The second kappa shape index (κ2) is 12.1. The summed E-state index contributed by atoms with van der Waals surface area (Å²) in [4.78, 5) is 14.6. The number of aliphatic carboxylic acids is 1. The van der Waals surface area contributed by atoms with Crippen LogP contribution >= 0.6 is 21.6 Å². The zero-order valence-electron chi connectivity index (χ0n) is 11.6. The van der Waals surface area contributed by atoms with E-state index in [0.717, 1.165) is 49.6 Å². The van der Waals surface area contributed by atoms with Gasteiger partial charge in [-0.2, -0.15) is 0 Å². The van der Waals surface area contributed by atoms with E-state index in [9.17, 15) is 4.79 Å². The first-order valence-corrected chi connectivity index (χ1v) is 9.24. The van der Waals surface area contributed by atoms with E-state index in [2.05, 4.69) is 10.3 Å². The molecule has 1 heterocycles. The van der Waals surface area contributed by atoms with Gasteiger partial charge in [-0.1, -0.05) is 23.3 Å². The number of hydrogen-bond acceptors (Lipinski definition) is 5. The van der Waals surface area contributed by atoms with Gasteiger partial charge in [-0.05, 0) is 55.3 Å². The average molecular weight is 314 g/mol. The number of carboxylic acid groups (broad SMARTS) is 1. The summed E-state index contributed by atoms with van der Waals surface area (Å²) in [5, 5.41) is 12.9. The number of unbranched alkanes of at least 4 members (excludes halogenated alkanes) is 2. The van der Waals surface area contributed by atoms with Gasteiger partial charge in [0.2, 0.25) is 0 Å². The number of pyridine rings is 1. The van der Waals surface area contributed by atoms with Crippen molar-refractivity contribution in [3.05, 3.63) is 24.4 Å². The maximum atomic E-state index is 10.3. The Morgan fingerprint density at radius 2 is 2.05 bits per heavy atom. The van der Waals surface area contributed by atoms with Gasteiger partial charge in [0.15, 0.2) is 0 Å². The van der Waals surface area contributed by atoms with E-state index in [1.807, 2.05) is 35.2 Å². The number of carbonyl (C=O) groups is 1. The Kier molecular flexibility index (Phi) is 10.4. The van der Waals surface area contributed by atoms with Crippen LogP contribution in [0.3, 0.4) is 0 Å². The van der Waals surface area contributed by atoms with E-state index >= 15 is 0 Å². The normalized spacial score (nSPS) is 10.6. The topological polar surface area (TPSA) is 62.2 Å². The number of nitrogens with zero attached hydrogens (tertiary/aromatic N) is 1. The second-order valence-corrected chi connectivity index (χ2v) is 6.82. The largest absolute Gasteiger partial charge is 0.481 e. The van der Waals surface area contributed by atoms with Crippen LogP contribution in [-0.4, -0.2) is 34.9 Å². The number of nitrogens with one attached hydrogen (secondary N) is 1. The third kappa shape index (κ3) is 10.1. The molecule has 0 aliphatic rings. The molecule has 0 bridgehead atoms. The quantitative estimate of drug-likeness (QED) is 0.455. The standard InChI is InChI=1S/C14H22N2O2S2/c17-14(18)8-2-1-4-9-15-10-6-12-19-20-13-7-3-5-11-16-13/h3,5,7,11,15H,1-2,4,6,8-10,12H2,(H,17,18). The third-order valence-corrected chi connectivity index (χ3v) is 4.96. The molecule has 2 N–H and O–H groups in total. The third-order valence-electron chi connectivity index (χ3n) is 2.61. The van der Waals surface area contributed by atoms with Crippen LogP contribution in [0, 0.1) is 0 Å². The van der Waals surface area contributed by atoms with Crippen molar-refractivity contribution >= 4 is 27.6 Å². The highest BCUT2D eigenvalue weighted by molar-refractivity contribution is 8.76. The molecule has 0 spiro atoms. The van der Waals surface area contributed by atoms with Crippen LogP contribution in [0.4, 0.5) is 0 Å². The van der Waals surface area contributed by atoms with Crippen molar-refractivity contribution in [1.82, 2.24) is 10.3 Å². The number of hydrogen-bond donors (Lipinski definition) is 2. The van der Waals surface area contributed by atoms with Gasteiger partial charge in [0.1, 0.15) is 5.03 Å². The molecule has 0 aliphatic carbocycles. The van der Waals surface area contributed by atoms with E-state index in [1.165, 1.54) is 0 Å². The molecule has 0 aromatic carbocycles. The Balaban J connectivity index is 1.80. The van der Waals surface area contributed by atoms with Crippen LogP contribution in [0.5, 0.6) is 0 Å². The Bertz CT molecular complexity index is 363. The Hall–Kier alpha value is -0.720. The SMILES string of the molecule is O=C(O)CCCCCNCCCSSc1ccccn1. The van der Waals surface area contributed by atoms with E-state index in [1.54, 1.807) is 10.8 Å². The van der Waals surface area contributed by atoms with Crippen molar-refractivity contribution < 1.29 is 9.90 Å². The summed E-state index contributed by atoms with van der Waals surface area (Å²) in [6, 6.07) is 5.95. The summed E-state index contributed by atoms with van der Waals surface area (Å²) in [7, 11) is 3.55. The Morgan fingerprint density at radius 3 is 2.80 bits per heavy atom. The minimum Gasteiger partial charge on any atom is -0.481 e. The summed E-state index contributed by atoms with van der Waals surface area (Å²) in [6.07, 6.45) is 6.08. The average Bonchev–Trinajstić information content (AvgIpc) is 2.45. The fourth-order valence-electron chi connectivity index (χ4n) is 1.58. The van der Waals surface area contributed by atoms with E-state index < -0.39 is 5.97 Å². The molecule has 1 aromatic rings. The summed E-state index contributed by atoms with van der Waals surface area (Å²) in [6.45, 7) is 2.01. The molecule has 0 amide bonds. The number of carboxylic acids is 1. The molecular weight excluding hydrogens is 292 g/mol. The monoisotopic (exact) mass is 314 g/mol. The lowest BCUT2D eigenvalue weighted by atomic mass is 10.2. The van der Waals surface area contributed by atoms with Crippen LogP contribution in [0.1, 0.15) is 32.1 Å². The fraction of sp³-hybridized carbons (Fsp3) is 0.571. The molecule has 6 heteroatoms. The molecule has 0 radical (unpaired) electrons. The molecule has 20 heavy (non-hydrogen) atoms. The lowest BCUT2D eigenvalue weighted by Gasteiger charge is -2.04. The predicted octanol–water partition coefficient (Wildman–Crippen LogP) is 3.45. The zero-order valence-corrected chi connectivity index (χ0v) is 13.2. The first-order chi connectivity index (χ1) is 9.79. The smallest absolute Gasteiger partial charge is 0.303 e. The van der Waals surface area contributed by atoms with Crippen LogP contribution in [0.2, 0.25) is 0 Å². The van der Waals surface area contributed by atoms with Gasteiger partial charge < -0.3 is 10.4 Å². The van der Waals surface area contributed by atoms with Crippen LogP contribution < -0.4 is 5.32 Å². The molecule has 112 valence electrons.